The predicted octanol–water partition coefficient (Wildman–Crippen LogP) is 3.04. The standard InChI is InChI=1S/C12H13N/c1-8-9(2)12(13)7-10-5-3-4-6-11(8)10/h3-7H,13H2,1-2H3. The average molecular weight is 171 g/mol. The monoisotopic (exact) mass is 171 g/mol. The van der Waals surface area contributed by atoms with Crippen molar-refractivity contribution in [1.82, 2.24) is 0 Å². The molecule has 0 spiro atoms. The van der Waals surface area contributed by atoms with Crippen LogP contribution in [0.2, 0.25) is 0 Å². The van der Waals surface area contributed by atoms with Gasteiger partial charge in [0, 0.05) is 5.69 Å². The third kappa shape index (κ3) is 1.17. The Morgan fingerprint density at radius 3 is 2.46 bits per heavy atom. The predicted molar refractivity (Wildman–Crippen MR) is 57.8 cm³/mol. The number of fused-ring (bicyclic) bond motifs is 1. The summed E-state index contributed by atoms with van der Waals surface area (Å²) in [5.41, 5.74) is 9.25. The molecule has 2 aromatic rings. The lowest BCUT2D eigenvalue weighted by molar-refractivity contribution is 1.38. The Labute approximate surface area is 78.2 Å². The second-order valence-corrected chi connectivity index (χ2v) is 3.44. The molecule has 2 aromatic carbocycles. The van der Waals surface area contributed by atoms with Crippen molar-refractivity contribution in [2.24, 2.45) is 0 Å². The van der Waals surface area contributed by atoms with Gasteiger partial charge in [-0.25, -0.2) is 0 Å². The molecular formula is C12H13N. The topological polar surface area (TPSA) is 26.0 Å². The van der Waals surface area contributed by atoms with Crippen LogP contribution in [0.1, 0.15) is 11.1 Å². The lowest BCUT2D eigenvalue weighted by atomic mass is 9.99. The quantitative estimate of drug-likeness (QED) is 0.606. The molecule has 13 heavy (non-hydrogen) atoms. The maximum atomic E-state index is 5.89. The summed E-state index contributed by atoms with van der Waals surface area (Å²) in [6.07, 6.45) is 0. The summed E-state index contributed by atoms with van der Waals surface area (Å²) in [6, 6.07) is 10.4. The van der Waals surface area contributed by atoms with Crippen molar-refractivity contribution in [1.29, 1.82) is 0 Å². The third-order valence-corrected chi connectivity index (χ3v) is 2.67. The highest BCUT2D eigenvalue weighted by atomic mass is 14.6. The molecule has 0 saturated heterocycles. The van der Waals surface area contributed by atoms with Gasteiger partial charge < -0.3 is 5.73 Å². The molecule has 66 valence electrons. The van der Waals surface area contributed by atoms with Gasteiger partial charge in [0.05, 0.1) is 0 Å². The first-order chi connectivity index (χ1) is 6.20. The van der Waals surface area contributed by atoms with Crippen molar-refractivity contribution in [3.05, 3.63) is 41.5 Å². The minimum Gasteiger partial charge on any atom is -0.398 e. The molecule has 0 radical (unpaired) electrons. The normalized spacial score (nSPS) is 10.6. The van der Waals surface area contributed by atoms with Crippen molar-refractivity contribution in [3.8, 4) is 0 Å². The second kappa shape index (κ2) is 2.77. The van der Waals surface area contributed by atoms with E-state index in [1.165, 1.54) is 21.9 Å². The van der Waals surface area contributed by atoms with E-state index in [0.29, 0.717) is 0 Å². The number of nitrogens with two attached hydrogens (primary N) is 1. The van der Waals surface area contributed by atoms with E-state index in [4.69, 9.17) is 5.73 Å². The van der Waals surface area contributed by atoms with Gasteiger partial charge in [-0.2, -0.15) is 0 Å². The fourth-order valence-electron chi connectivity index (χ4n) is 1.66. The zero-order valence-corrected chi connectivity index (χ0v) is 7.96. The molecule has 0 fully saturated rings. The Bertz CT molecular complexity index is 458. The van der Waals surface area contributed by atoms with Gasteiger partial charge in [-0.05, 0) is 41.8 Å². The first-order valence-corrected chi connectivity index (χ1v) is 4.44. The van der Waals surface area contributed by atoms with Crippen LogP contribution in [0.4, 0.5) is 5.69 Å². The molecule has 1 heteroatoms. The number of rotatable bonds is 0. The minimum absolute atomic E-state index is 0.885. The van der Waals surface area contributed by atoms with Crippen LogP contribution in [0.25, 0.3) is 10.8 Å². The molecule has 0 aliphatic carbocycles. The Morgan fingerprint density at radius 1 is 1.00 bits per heavy atom. The van der Waals surface area contributed by atoms with Gasteiger partial charge in [0.25, 0.3) is 0 Å². The molecular weight excluding hydrogens is 158 g/mol. The van der Waals surface area contributed by atoms with Gasteiger partial charge in [-0.3, -0.25) is 0 Å². The zero-order valence-electron chi connectivity index (χ0n) is 7.96. The maximum Gasteiger partial charge on any atom is 0.0352 e. The molecule has 2 N–H and O–H groups in total. The van der Waals surface area contributed by atoms with Crippen LogP contribution in [0, 0.1) is 13.8 Å². The zero-order chi connectivity index (χ0) is 9.42. The van der Waals surface area contributed by atoms with E-state index in [1.54, 1.807) is 0 Å². The molecule has 0 amide bonds. The molecule has 0 aliphatic heterocycles. The molecule has 0 unspecified atom stereocenters. The van der Waals surface area contributed by atoms with E-state index < -0.39 is 0 Å². The van der Waals surface area contributed by atoms with Crippen LogP contribution < -0.4 is 5.73 Å². The SMILES string of the molecule is Cc1c(N)cc2ccccc2c1C. The Morgan fingerprint density at radius 2 is 1.69 bits per heavy atom. The average Bonchev–Trinajstić information content (AvgIpc) is 2.15. The summed E-state index contributed by atoms with van der Waals surface area (Å²) < 4.78 is 0. The molecule has 0 bridgehead atoms. The van der Waals surface area contributed by atoms with Gasteiger partial charge in [0.2, 0.25) is 0 Å². The van der Waals surface area contributed by atoms with Crippen molar-refractivity contribution in [2.45, 2.75) is 13.8 Å². The molecule has 0 heterocycles. The highest BCUT2D eigenvalue weighted by Gasteiger charge is 2.02. The van der Waals surface area contributed by atoms with E-state index in [-0.39, 0.29) is 0 Å². The highest BCUT2D eigenvalue weighted by Crippen LogP contribution is 2.25. The number of hydrogen-bond acceptors (Lipinski definition) is 1. The molecule has 0 saturated carbocycles. The van der Waals surface area contributed by atoms with Gasteiger partial charge >= 0.3 is 0 Å². The fraction of sp³-hybridized carbons (Fsp3) is 0.167. The fourth-order valence-corrected chi connectivity index (χ4v) is 1.66. The summed E-state index contributed by atoms with van der Waals surface area (Å²) in [6.45, 7) is 4.19. The van der Waals surface area contributed by atoms with Crippen LogP contribution >= 0.6 is 0 Å². The van der Waals surface area contributed by atoms with Crippen LogP contribution in [-0.2, 0) is 0 Å². The van der Waals surface area contributed by atoms with Gasteiger partial charge in [0.15, 0.2) is 0 Å². The Kier molecular flexibility index (Phi) is 1.73. The Balaban J connectivity index is 2.94. The summed E-state index contributed by atoms with van der Waals surface area (Å²) in [5.74, 6) is 0. The van der Waals surface area contributed by atoms with Crippen molar-refractivity contribution < 1.29 is 0 Å². The van der Waals surface area contributed by atoms with Crippen LogP contribution in [-0.4, -0.2) is 0 Å². The first-order valence-electron chi connectivity index (χ1n) is 4.44. The van der Waals surface area contributed by atoms with Crippen molar-refractivity contribution in [3.63, 3.8) is 0 Å². The van der Waals surface area contributed by atoms with E-state index in [9.17, 15) is 0 Å². The summed E-state index contributed by atoms with van der Waals surface area (Å²) in [7, 11) is 0. The molecule has 0 atom stereocenters. The maximum absolute atomic E-state index is 5.89. The highest BCUT2D eigenvalue weighted by molar-refractivity contribution is 5.90. The third-order valence-electron chi connectivity index (χ3n) is 2.67. The molecule has 1 nitrogen and oxygen atoms in total. The number of anilines is 1. The van der Waals surface area contributed by atoms with E-state index in [1.807, 2.05) is 12.1 Å². The van der Waals surface area contributed by atoms with Crippen LogP contribution in [0.5, 0.6) is 0 Å². The number of aryl methyl sites for hydroxylation is 1. The summed E-state index contributed by atoms with van der Waals surface area (Å²) in [5, 5.41) is 2.53. The lowest BCUT2D eigenvalue weighted by Crippen LogP contribution is -1.93. The first kappa shape index (κ1) is 8.11. The Hall–Kier alpha value is -1.50. The number of hydrogen-bond donors (Lipinski definition) is 1. The number of nitrogen functional groups attached to an aromatic ring is 1. The van der Waals surface area contributed by atoms with Crippen LogP contribution in [0.15, 0.2) is 30.3 Å². The molecule has 0 aliphatic rings. The second-order valence-electron chi connectivity index (χ2n) is 3.44. The molecule has 2 rings (SSSR count). The van der Waals surface area contributed by atoms with Crippen molar-refractivity contribution in [2.75, 3.05) is 5.73 Å². The summed E-state index contributed by atoms with van der Waals surface area (Å²) >= 11 is 0. The van der Waals surface area contributed by atoms with Crippen molar-refractivity contribution >= 4 is 16.5 Å². The molecule has 0 aromatic heterocycles. The largest absolute Gasteiger partial charge is 0.398 e. The van der Waals surface area contributed by atoms with E-state index in [2.05, 4.69) is 32.0 Å². The summed E-state index contributed by atoms with van der Waals surface area (Å²) in [4.78, 5) is 0. The van der Waals surface area contributed by atoms with Gasteiger partial charge in [-0.15, -0.1) is 0 Å². The lowest BCUT2D eigenvalue weighted by Gasteiger charge is -2.08. The smallest absolute Gasteiger partial charge is 0.0352 e. The van der Waals surface area contributed by atoms with Crippen LogP contribution in [0.3, 0.4) is 0 Å². The van der Waals surface area contributed by atoms with Gasteiger partial charge in [-0.1, -0.05) is 24.3 Å². The van der Waals surface area contributed by atoms with E-state index in [0.717, 1.165) is 5.69 Å². The van der Waals surface area contributed by atoms with Gasteiger partial charge in [0.1, 0.15) is 0 Å². The van der Waals surface area contributed by atoms with E-state index >= 15 is 0 Å². The minimum atomic E-state index is 0.885. The number of benzene rings is 2.